The first-order valence-electron chi connectivity index (χ1n) is 10.0. The van der Waals surface area contributed by atoms with Crippen LogP contribution in [0.25, 0.3) is 11.1 Å². The van der Waals surface area contributed by atoms with Gasteiger partial charge in [-0.15, -0.1) is 11.3 Å². The lowest BCUT2D eigenvalue weighted by molar-refractivity contribution is 0.475. The lowest BCUT2D eigenvalue weighted by Crippen LogP contribution is -2.17. The highest BCUT2D eigenvalue weighted by molar-refractivity contribution is 7.93. The molecule has 34 heavy (non-hydrogen) atoms. The van der Waals surface area contributed by atoms with Gasteiger partial charge in [-0.2, -0.15) is 5.10 Å². The van der Waals surface area contributed by atoms with Gasteiger partial charge in [0.25, 0.3) is 10.0 Å². The molecule has 2 aromatic heterocycles. The summed E-state index contributed by atoms with van der Waals surface area (Å²) in [7, 11) is -4.24. The van der Waals surface area contributed by atoms with Crippen molar-refractivity contribution in [2.24, 2.45) is 0 Å². The molecule has 13 heteroatoms. The minimum atomic E-state index is -4.24. The van der Waals surface area contributed by atoms with Crippen molar-refractivity contribution in [2.45, 2.75) is 17.9 Å². The van der Waals surface area contributed by atoms with Gasteiger partial charge in [-0.1, -0.05) is 23.2 Å². The number of aryl methyl sites for hydroxylation is 1. The molecule has 0 atom stereocenters. The number of nitrogens with zero attached hydrogens (tertiary/aromatic N) is 3. The molecule has 0 amide bonds. The molecule has 2 N–H and O–H groups in total. The number of hydrogen-bond acceptors (Lipinski definition) is 7. The number of benzene rings is 2. The molecule has 0 spiro atoms. The molecule has 3 heterocycles. The van der Waals surface area contributed by atoms with Crippen LogP contribution in [0.2, 0.25) is 10.0 Å². The summed E-state index contributed by atoms with van der Waals surface area (Å²) in [4.78, 5) is 3.23. The largest absolute Gasteiger partial charge is 0.455 e. The van der Waals surface area contributed by atoms with Crippen LogP contribution in [0.4, 0.5) is 15.3 Å². The highest BCUT2D eigenvalue weighted by Gasteiger charge is 2.24. The summed E-state index contributed by atoms with van der Waals surface area (Å²) in [5.74, 6) is 0.101. The first-order chi connectivity index (χ1) is 16.3. The van der Waals surface area contributed by atoms with Crippen LogP contribution < -0.4 is 14.8 Å². The standard InChI is InChI=1S/C21H16Cl2FN5O3S2/c22-12-2-3-17(13(8-12)14-11-27-29-6-1-4-25-20(14)29)32-18-10-16(24)19(9-15(18)23)34(30,31)28-21-26-5-7-33-21/h2-3,5,7-11,25H,1,4,6H2,(H,26,28). The average Bonchev–Trinajstić information content (AvgIpc) is 3.46. The molecule has 0 saturated heterocycles. The van der Waals surface area contributed by atoms with Gasteiger partial charge in [0.15, 0.2) is 5.13 Å². The Bertz CT molecular complexity index is 1480. The van der Waals surface area contributed by atoms with E-state index in [-0.39, 0.29) is 15.9 Å². The molecule has 0 unspecified atom stereocenters. The molecule has 0 fully saturated rings. The van der Waals surface area contributed by atoms with Crippen molar-refractivity contribution in [1.82, 2.24) is 14.8 Å². The fourth-order valence-electron chi connectivity index (χ4n) is 3.53. The number of halogens is 3. The van der Waals surface area contributed by atoms with Gasteiger partial charge >= 0.3 is 0 Å². The lowest BCUT2D eigenvalue weighted by atomic mass is 10.1. The second-order valence-electron chi connectivity index (χ2n) is 7.31. The third-order valence-corrected chi connectivity index (χ3v) is 7.76. The topological polar surface area (TPSA) is 98.1 Å². The van der Waals surface area contributed by atoms with Gasteiger partial charge in [0.2, 0.25) is 0 Å². The predicted molar refractivity (Wildman–Crippen MR) is 130 cm³/mol. The minimum absolute atomic E-state index is 0.0510. The van der Waals surface area contributed by atoms with Gasteiger partial charge in [-0.05, 0) is 30.7 Å². The van der Waals surface area contributed by atoms with Gasteiger partial charge in [-0.25, -0.2) is 22.5 Å². The maximum absolute atomic E-state index is 14.9. The number of aromatic nitrogens is 3. The third kappa shape index (κ3) is 4.43. The van der Waals surface area contributed by atoms with Crippen LogP contribution in [0.1, 0.15) is 6.42 Å². The Morgan fingerprint density at radius 2 is 2.03 bits per heavy atom. The van der Waals surface area contributed by atoms with Crippen LogP contribution in [0.3, 0.4) is 0 Å². The van der Waals surface area contributed by atoms with Crippen molar-refractivity contribution in [3.63, 3.8) is 0 Å². The Labute approximate surface area is 208 Å². The van der Waals surface area contributed by atoms with Crippen molar-refractivity contribution in [3.05, 3.63) is 64.0 Å². The quantitative estimate of drug-likeness (QED) is 0.318. The van der Waals surface area contributed by atoms with Crippen LogP contribution in [-0.4, -0.2) is 29.7 Å². The Balaban J connectivity index is 1.50. The summed E-state index contributed by atoms with van der Waals surface area (Å²) in [6, 6.07) is 6.91. The molecule has 4 aromatic rings. The Hall–Kier alpha value is -2.86. The van der Waals surface area contributed by atoms with Gasteiger partial charge in [-0.3, -0.25) is 4.72 Å². The number of sulfonamides is 1. The molecular weight excluding hydrogens is 524 g/mol. The highest BCUT2D eigenvalue weighted by Crippen LogP contribution is 2.42. The van der Waals surface area contributed by atoms with Gasteiger partial charge < -0.3 is 10.1 Å². The van der Waals surface area contributed by atoms with E-state index in [1.165, 1.54) is 6.20 Å². The average molecular weight is 540 g/mol. The summed E-state index contributed by atoms with van der Waals surface area (Å²) in [6.07, 6.45) is 4.09. The van der Waals surface area contributed by atoms with Crippen LogP contribution in [0, 0.1) is 5.82 Å². The molecule has 5 rings (SSSR count). The van der Waals surface area contributed by atoms with E-state index in [4.69, 9.17) is 27.9 Å². The summed E-state index contributed by atoms with van der Waals surface area (Å²) in [5.41, 5.74) is 1.39. The highest BCUT2D eigenvalue weighted by atomic mass is 35.5. The van der Waals surface area contributed by atoms with Gasteiger partial charge in [0.05, 0.1) is 11.2 Å². The van der Waals surface area contributed by atoms with Crippen molar-refractivity contribution >= 4 is 55.5 Å². The molecule has 0 bridgehead atoms. The number of anilines is 2. The van der Waals surface area contributed by atoms with E-state index in [1.54, 1.807) is 29.8 Å². The van der Waals surface area contributed by atoms with E-state index < -0.39 is 20.7 Å². The van der Waals surface area contributed by atoms with E-state index in [0.717, 1.165) is 54.4 Å². The zero-order valence-corrected chi connectivity index (χ0v) is 20.4. The Morgan fingerprint density at radius 3 is 2.82 bits per heavy atom. The summed E-state index contributed by atoms with van der Waals surface area (Å²) in [6.45, 7) is 1.58. The van der Waals surface area contributed by atoms with Crippen LogP contribution >= 0.6 is 34.5 Å². The molecule has 8 nitrogen and oxygen atoms in total. The van der Waals surface area contributed by atoms with E-state index in [2.05, 4.69) is 20.1 Å². The normalized spacial score (nSPS) is 13.3. The van der Waals surface area contributed by atoms with Crippen LogP contribution in [-0.2, 0) is 16.6 Å². The number of rotatable bonds is 6. The molecule has 176 valence electrons. The first kappa shape index (κ1) is 22.9. The van der Waals surface area contributed by atoms with Gasteiger partial charge in [0, 0.05) is 46.9 Å². The monoisotopic (exact) mass is 539 g/mol. The number of fused-ring (bicyclic) bond motifs is 1. The molecule has 2 aromatic carbocycles. The number of nitrogens with one attached hydrogen (secondary N) is 2. The summed E-state index contributed by atoms with van der Waals surface area (Å²) in [5, 5.41) is 9.82. The van der Waals surface area contributed by atoms with E-state index >= 15 is 0 Å². The zero-order valence-electron chi connectivity index (χ0n) is 17.3. The Morgan fingerprint density at radius 1 is 1.18 bits per heavy atom. The molecule has 0 aliphatic carbocycles. The smallest absolute Gasteiger partial charge is 0.266 e. The maximum Gasteiger partial charge on any atom is 0.266 e. The van der Waals surface area contributed by atoms with Crippen LogP contribution in [0.5, 0.6) is 11.5 Å². The lowest BCUT2D eigenvalue weighted by Gasteiger charge is -2.18. The second kappa shape index (κ2) is 9.06. The molecule has 1 aliphatic heterocycles. The summed E-state index contributed by atoms with van der Waals surface area (Å²) < 4.78 is 50.1. The fraction of sp³-hybridized carbons (Fsp3) is 0.143. The predicted octanol–water partition coefficient (Wildman–Crippen LogP) is 5.86. The van der Waals surface area contributed by atoms with E-state index in [9.17, 15) is 12.8 Å². The number of thiazole rings is 1. The maximum atomic E-state index is 14.9. The Kier molecular flexibility index (Phi) is 6.11. The molecule has 1 aliphatic rings. The second-order valence-corrected chi connectivity index (χ2v) is 10.7. The van der Waals surface area contributed by atoms with E-state index in [1.807, 2.05) is 4.68 Å². The van der Waals surface area contributed by atoms with Crippen molar-refractivity contribution in [2.75, 3.05) is 16.6 Å². The number of hydrogen-bond donors (Lipinski definition) is 2. The first-order valence-corrected chi connectivity index (χ1v) is 13.1. The number of ether oxygens (including phenoxy) is 1. The molecule has 0 saturated carbocycles. The van der Waals surface area contributed by atoms with Crippen molar-refractivity contribution < 1.29 is 17.5 Å². The SMILES string of the molecule is O=S(=O)(Nc1nccs1)c1cc(Cl)c(Oc2ccc(Cl)cc2-c2cnn3c2NCCC3)cc1F. The third-order valence-electron chi connectivity index (χ3n) is 5.06. The molecular formula is C21H16Cl2FN5O3S2. The van der Waals surface area contributed by atoms with Crippen molar-refractivity contribution in [1.29, 1.82) is 0 Å². The molecule has 0 radical (unpaired) electrons. The fourth-order valence-corrected chi connectivity index (χ4v) is 5.85. The van der Waals surface area contributed by atoms with E-state index in [0.29, 0.717) is 16.3 Å². The minimum Gasteiger partial charge on any atom is -0.455 e. The zero-order chi connectivity index (χ0) is 23.9. The summed E-state index contributed by atoms with van der Waals surface area (Å²) >= 11 is 13.6. The van der Waals surface area contributed by atoms with Crippen LogP contribution in [0.15, 0.2) is 53.0 Å². The van der Waals surface area contributed by atoms with Gasteiger partial charge in [0.1, 0.15) is 28.0 Å². The van der Waals surface area contributed by atoms with Crippen molar-refractivity contribution in [3.8, 4) is 22.6 Å².